The number of carbonyl (C=O) groups is 2. The molecule has 0 atom stereocenters. The third-order valence-corrected chi connectivity index (χ3v) is 3.82. The molecule has 1 aromatic heterocycles. The third-order valence-electron chi connectivity index (χ3n) is 2.56. The lowest BCUT2D eigenvalue weighted by molar-refractivity contribution is -0.130. The fourth-order valence-electron chi connectivity index (χ4n) is 1.67. The summed E-state index contributed by atoms with van der Waals surface area (Å²) in [6, 6.07) is 9.41. The van der Waals surface area contributed by atoms with Gasteiger partial charge < -0.3 is 10.2 Å². The number of benzene rings is 1. The SMILES string of the molecule is O=C(O)/C(=C\c1ccccc1C(=O)O)c1ccc(Cl)s1. The van der Waals surface area contributed by atoms with Crippen molar-refractivity contribution in [2.24, 2.45) is 0 Å². The van der Waals surface area contributed by atoms with Crippen molar-refractivity contribution in [2.75, 3.05) is 0 Å². The number of thiophene rings is 1. The zero-order chi connectivity index (χ0) is 14.7. The van der Waals surface area contributed by atoms with Crippen LogP contribution in [0.5, 0.6) is 0 Å². The van der Waals surface area contributed by atoms with Gasteiger partial charge in [0.1, 0.15) is 0 Å². The summed E-state index contributed by atoms with van der Waals surface area (Å²) in [7, 11) is 0. The molecule has 0 saturated heterocycles. The summed E-state index contributed by atoms with van der Waals surface area (Å²) in [4.78, 5) is 22.9. The number of carboxylic acid groups (broad SMARTS) is 2. The molecule has 0 spiro atoms. The molecule has 2 aromatic rings. The zero-order valence-electron chi connectivity index (χ0n) is 10.0. The van der Waals surface area contributed by atoms with Crippen LogP contribution in [0, 0.1) is 0 Å². The first kappa shape index (κ1) is 14.3. The first-order chi connectivity index (χ1) is 9.49. The van der Waals surface area contributed by atoms with Gasteiger partial charge in [0.25, 0.3) is 0 Å². The van der Waals surface area contributed by atoms with Gasteiger partial charge in [-0.3, -0.25) is 0 Å². The predicted molar refractivity (Wildman–Crippen MR) is 78.2 cm³/mol. The summed E-state index contributed by atoms with van der Waals surface area (Å²) < 4.78 is 0.471. The molecule has 0 radical (unpaired) electrons. The Morgan fingerprint density at radius 1 is 1.10 bits per heavy atom. The maximum absolute atomic E-state index is 11.3. The summed E-state index contributed by atoms with van der Waals surface area (Å²) in [5.74, 6) is -2.24. The molecule has 20 heavy (non-hydrogen) atoms. The number of hydrogen-bond acceptors (Lipinski definition) is 3. The van der Waals surface area contributed by atoms with Crippen molar-refractivity contribution in [3.05, 3.63) is 56.7 Å². The van der Waals surface area contributed by atoms with E-state index in [2.05, 4.69) is 0 Å². The van der Waals surface area contributed by atoms with Gasteiger partial charge in [-0.25, -0.2) is 9.59 Å². The highest BCUT2D eigenvalue weighted by Crippen LogP contribution is 2.29. The second kappa shape index (κ2) is 5.90. The van der Waals surface area contributed by atoms with Gasteiger partial charge in [-0.2, -0.15) is 0 Å². The number of aliphatic carboxylic acids is 1. The highest BCUT2D eigenvalue weighted by atomic mass is 35.5. The van der Waals surface area contributed by atoms with Gasteiger partial charge in [0.2, 0.25) is 0 Å². The van der Waals surface area contributed by atoms with E-state index in [1.165, 1.54) is 12.1 Å². The number of halogens is 1. The van der Waals surface area contributed by atoms with Gasteiger partial charge in [-0.1, -0.05) is 29.8 Å². The van der Waals surface area contributed by atoms with Crippen molar-refractivity contribution in [3.63, 3.8) is 0 Å². The summed E-state index contributed by atoms with van der Waals surface area (Å²) in [5, 5.41) is 18.4. The first-order valence-electron chi connectivity index (χ1n) is 5.52. The molecule has 0 fully saturated rings. The minimum absolute atomic E-state index is 0.00981. The van der Waals surface area contributed by atoms with Crippen LogP contribution in [0.1, 0.15) is 20.8 Å². The van der Waals surface area contributed by atoms with Crippen molar-refractivity contribution in [1.82, 2.24) is 0 Å². The molecule has 0 amide bonds. The van der Waals surface area contributed by atoms with Crippen LogP contribution in [0.2, 0.25) is 4.34 Å². The summed E-state index contributed by atoms with van der Waals surface area (Å²) >= 11 is 6.92. The lowest BCUT2D eigenvalue weighted by Gasteiger charge is -2.03. The van der Waals surface area contributed by atoms with Crippen LogP contribution in [0.15, 0.2) is 36.4 Å². The fraction of sp³-hybridized carbons (Fsp3) is 0. The molecule has 0 aliphatic rings. The van der Waals surface area contributed by atoms with Crippen LogP contribution < -0.4 is 0 Å². The van der Waals surface area contributed by atoms with Crippen molar-refractivity contribution in [2.45, 2.75) is 0 Å². The average Bonchev–Trinajstić information content (AvgIpc) is 2.82. The maximum atomic E-state index is 11.3. The van der Waals surface area contributed by atoms with Crippen LogP contribution in [0.4, 0.5) is 0 Å². The van der Waals surface area contributed by atoms with E-state index in [0.29, 0.717) is 14.8 Å². The van der Waals surface area contributed by atoms with E-state index in [0.717, 1.165) is 11.3 Å². The Labute approximate surface area is 123 Å². The van der Waals surface area contributed by atoms with E-state index >= 15 is 0 Å². The Balaban J connectivity index is 2.55. The monoisotopic (exact) mass is 308 g/mol. The third kappa shape index (κ3) is 3.07. The summed E-state index contributed by atoms with van der Waals surface area (Å²) in [6.07, 6.45) is 1.34. The van der Waals surface area contributed by atoms with E-state index in [1.807, 2.05) is 0 Å². The number of aromatic carboxylic acids is 1. The molecule has 4 nitrogen and oxygen atoms in total. The molecule has 2 rings (SSSR count). The maximum Gasteiger partial charge on any atom is 0.337 e. The zero-order valence-corrected chi connectivity index (χ0v) is 11.6. The molecule has 0 aliphatic heterocycles. The van der Waals surface area contributed by atoms with Gasteiger partial charge in [-0.05, 0) is 29.8 Å². The minimum Gasteiger partial charge on any atom is -0.478 e. The summed E-state index contributed by atoms with van der Waals surface area (Å²) in [5.41, 5.74) is 0.395. The topological polar surface area (TPSA) is 74.6 Å². The molecule has 0 unspecified atom stereocenters. The lowest BCUT2D eigenvalue weighted by atomic mass is 10.0. The van der Waals surface area contributed by atoms with E-state index in [-0.39, 0.29) is 11.1 Å². The molecule has 0 aliphatic carbocycles. The van der Waals surface area contributed by atoms with Gasteiger partial charge in [0.15, 0.2) is 0 Å². The van der Waals surface area contributed by atoms with Gasteiger partial charge >= 0.3 is 11.9 Å². The second-order valence-electron chi connectivity index (χ2n) is 3.86. The Hall–Kier alpha value is -2.11. The number of hydrogen-bond donors (Lipinski definition) is 2. The second-order valence-corrected chi connectivity index (χ2v) is 5.57. The van der Waals surface area contributed by atoms with Crippen molar-refractivity contribution < 1.29 is 19.8 Å². The standard InChI is InChI=1S/C14H9ClO4S/c15-12-6-5-11(20-12)10(14(18)19)7-8-3-1-2-4-9(8)13(16)17/h1-7H,(H,16,17)(H,18,19)/b10-7-. The Kier molecular flexibility index (Phi) is 4.22. The Morgan fingerprint density at radius 3 is 2.35 bits per heavy atom. The molecule has 6 heteroatoms. The van der Waals surface area contributed by atoms with E-state index in [9.17, 15) is 14.7 Å². The molecule has 102 valence electrons. The van der Waals surface area contributed by atoms with Gasteiger partial charge in [0, 0.05) is 4.88 Å². The fourth-order valence-corrected chi connectivity index (χ4v) is 2.72. The largest absolute Gasteiger partial charge is 0.478 e. The Morgan fingerprint density at radius 2 is 1.80 bits per heavy atom. The first-order valence-corrected chi connectivity index (χ1v) is 6.71. The van der Waals surface area contributed by atoms with Crippen molar-refractivity contribution >= 4 is 46.5 Å². The summed E-state index contributed by atoms with van der Waals surface area (Å²) in [6.45, 7) is 0. The highest BCUT2D eigenvalue weighted by molar-refractivity contribution is 7.17. The predicted octanol–water partition coefficient (Wildman–Crippen LogP) is 3.72. The number of carboxylic acids is 2. The van der Waals surface area contributed by atoms with E-state index in [4.69, 9.17) is 16.7 Å². The molecule has 0 saturated carbocycles. The molecular weight excluding hydrogens is 300 g/mol. The van der Waals surface area contributed by atoms with Crippen LogP contribution >= 0.6 is 22.9 Å². The van der Waals surface area contributed by atoms with E-state index < -0.39 is 11.9 Å². The number of rotatable bonds is 4. The van der Waals surface area contributed by atoms with Crippen LogP contribution in [0.25, 0.3) is 11.6 Å². The van der Waals surface area contributed by atoms with Crippen LogP contribution in [0.3, 0.4) is 0 Å². The van der Waals surface area contributed by atoms with Crippen molar-refractivity contribution in [3.8, 4) is 0 Å². The van der Waals surface area contributed by atoms with Gasteiger partial charge in [0.05, 0.1) is 15.5 Å². The lowest BCUT2D eigenvalue weighted by Crippen LogP contribution is -2.02. The van der Waals surface area contributed by atoms with Crippen molar-refractivity contribution in [1.29, 1.82) is 0 Å². The van der Waals surface area contributed by atoms with Crippen LogP contribution in [-0.4, -0.2) is 22.2 Å². The Bertz CT molecular complexity index is 703. The minimum atomic E-state index is -1.14. The molecule has 1 heterocycles. The normalized spacial score (nSPS) is 11.3. The molecule has 1 aromatic carbocycles. The molecule has 0 bridgehead atoms. The van der Waals surface area contributed by atoms with E-state index in [1.54, 1.807) is 30.3 Å². The molecule has 2 N–H and O–H groups in total. The highest BCUT2D eigenvalue weighted by Gasteiger charge is 2.15. The van der Waals surface area contributed by atoms with Gasteiger partial charge in [-0.15, -0.1) is 11.3 Å². The molecular formula is C14H9ClO4S. The smallest absolute Gasteiger partial charge is 0.337 e. The quantitative estimate of drug-likeness (QED) is 0.844. The average molecular weight is 309 g/mol. The van der Waals surface area contributed by atoms with Crippen LogP contribution in [-0.2, 0) is 4.79 Å².